The van der Waals surface area contributed by atoms with Crippen molar-refractivity contribution in [3.63, 3.8) is 0 Å². The summed E-state index contributed by atoms with van der Waals surface area (Å²) < 4.78 is 0. The van der Waals surface area contributed by atoms with Gasteiger partial charge in [-0.05, 0) is 37.3 Å². The number of aromatic nitrogens is 3. The summed E-state index contributed by atoms with van der Waals surface area (Å²) in [4.78, 5) is 14.6. The average molecular weight is 335 g/mol. The van der Waals surface area contributed by atoms with E-state index in [4.69, 9.17) is 5.26 Å². The van der Waals surface area contributed by atoms with E-state index in [0.29, 0.717) is 17.4 Å². The van der Waals surface area contributed by atoms with Crippen LogP contribution in [0.4, 0.5) is 11.6 Å². The lowest BCUT2D eigenvalue weighted by atomic mass is 10.2. The molecule has 0 atom stereocenters. The van der Waals surface area contributed by atoms with Crippen molar-refractivity contribution in [2.45, 2.75) is 26.7 Å². The number of anilines is 2. The fraction of sp³-hybridized carbons (Fsp3) is 0.222. The molecule has 0 saturated heterocycles. The first-order valence-electron chi connectivity index (χ1n) is 7.64. The van der Waals surface area contributed by atoms with Gasteiger partial charge in [0.15, 0.2) is 0 Å². The number of thiazole rings is 1. The molecule has 0 spiro atoms. The minimum Gasteiger partial charge on any atom is -0.324 e. The maximum atomic E-state index is 8.85. The number of rotatable bonds is 4. The van der Waals surface area contributed by atoms with E-state index >= 15 is 0 Å². The summed E-state index contributed by atoms with van der Waals surface area (Å²) in [7, 11) is 0. The zero-order chi connectivity index (χ0) is 17.1. The number of aryl methyl sites for hydroxylation is 1. The predicted octanol–water partition coefficient (Wildman–Crippen LogP) is 4.65. The first-order chi connectivity index (χ1) is 11.6. The maximum absolute atomic E-state index is 8.85. The molecule has 6 heteroatoms. The summed E-state index contributed by atoms with van der Waals surface area (Å²) in [6, 6.07) is 11.2. The molecule has 0 fully saturated rings. The number of benzene rings is 1. The lowest BCUT2D eigenvalue weighted by Gasteiger charge is -2.06. The number of hydrogen-bond donors (Lipinski definition) is 1. The smallest absolute Gasteiger partial charge is 0.227 e. The Morgan fingerprint density at radius 3 is 2.50 bits per heavy atom. The normalized spacial score (nSPS) is 10.6. The van der Waals surface area contributed by atoms with Gasteiger partial charge in [0.1, 0.15) is 0 Å². The number of nitriles is 1. The van der Waals surface area contributed by atoms with Crippen molar-refractivity contribution in [1.29, 1.82) is 5.26 Å². The van der Waals surface area contributed by atoms with E-state index in [-0.39, 0.29) is 0 Å². The van der Waals surface area contributed by atoms with Crippen LogP contribution in [0.15, 0.2) is 36.5 Å². The fourth-order valence-electron chi connectivity index (χ4n) is 2.20. The monoisotopic (exact) mass is 335 g/mol. The van der Waals surface area contributed by atoms with Crippen LogP contribution in [0.5, 0.6) is 0 Å². The topological polar surface area (TPSA) is 74.5 Å². The standard InChI is InChI=1S/C18H17N5S/c1-11(2)17-21-12(3)16(24-17)15-8-9-20-18(23-15)22-14-6-4-13(10-19)5-7-14/h4-9,11H,1-3H3,(H,20,22,23). The van der Waals surface area contributed by atoms with E-state index < -0.39 is 0 Å². The fourth-order valence-corrected chi connectivity index (χ4v) is 3.24. The molecule has 3 rings (SSSR count). The van der Waals surface area contributed by atoms with Crippen LogP contribution in [0.3, 0.4) is 0 Å². The number of nitrogens with zero attached hydrogens (tertiary/aromatic N) is 4. The SMILES string of the molecule is Cc1nc(C(C)C)sc1-c1ccnc(Nc2ccc(C#N)cc2)n1. The molecular formula is C18H17N5S. The second-order valence-corrected chi connectivity index (χ2v) is 6.73. The Morgan fingerprint density at radius 1 is 1.12 bits per heavy atom. The molecule has 1 N–H and O–H groups in total. The van der Waals surface area contributed by atoms with E-state index in [0.717, 1.165) is 27.0 Å². The van der Waals surface area contributed by atoms with Crippen molar-refractivity contribution < 1.29 is 0 Å². The van der Waals surface area contributed by atoms with Crippen LogP contribution in [0.1, 0.15) is 36.0 Å². The highest BCUT2D eigenvalue weighted by atomic mass is 32.1. The van der Waals surface area contributed by atoms with Gasteiger partial charge in [-0.3, -0.25) is 0 Å². The van der Waals surface area contributed by atoms with E-state index in [1.165, 1.54) is 0 Å². The van der Waals surface area contributed by atoms with Crippen molar-refractivity contribution in [2.24, 2.45) is 0 Å². The van der Waals surface area contributed by atoms with Crippen LogP contribution in [-0.4, -0.2) is 15.0 Å². The van der Waals surface area contributed by atoms with E-state index in [9.17, 15) is 0 Å². The molecule has 1 aromatic carbocycles. The highest BCUT2D eigenvalue weighted by Crippen LogP contribution is 2.32. The summed E-state index contributed by atoms with van der Waals surface area (Å²) in [6.45, 7) is 6.29. The highest BCUT2D eigenvalue weighted by molar-refractivity contribution is 7.15. The van der Waals surface area contributed by atoms with Gasteiger partial charge in [-0.25, -0.2) is 15.0 Å². The molecule has 0 amide bonds. The number of nitrogens with one attached hydrogen (secondary N) is 1. The molecule has 2 aromatic heterocycles. The molecule has 24 heavy (non-hydrogen) atoms. The zero-order valence-corrected chi connectivity index (χ0v) is 14.6. The molecule has 2 heterocycles. The van der Waals surface area contributed by atoms with Crippen molar-refractivity contribution in [3.8, 4) is 16.6 Å². The summed E-state index contributed by atoms with van der Waals surface area (Å²) in [5.74, 6) is 0.927. The Balaban J connectivity index is 1.87. The Hall–Kier alpha value is -2.78. The second-order valence-electron chi connectivity index (χ2n) is 5.70. The van der Waals surface area contributed by atoms with Crippen LogP contribution in [0.25, 0.3) is 10.6 Å². The molecule has 0 aliphatic heterocycles. The lowest BCUT2D eigenvalue weighted by molar-refractivity contribution is 0.847. The first-order valence-corrected chi connectivity index (χ1v) is 8.46. The molecule has 0 bridgehead atoms. The molecule has 0 radical (unpaired) electrons. The van der Waals surface area contributed by atoms with Crippen LogP contribution < -0.4 is 5.32 Å². The highest BCUT2D eigenvalue weighted by Gasteiger charge is 2.13. The van der Waals surface area contributed by atoms with E-state index in [1.54, 1.807) is 29.7 Å². The molecule has 0 aliphatic rings. The summed E-state index contributed by atoms with van der Waals surface area (Å²) >= 11 is 1.68. The molecular weight excluding hydrogens is 318 g/mol. The molecule has 5 nitrogen and oxygen atoms in total. The van der Waals surface area contributed by atoms with Gasteiger partial charge in [0.25, 0.3) is 0 Å². The minimum atomic E-state index is 0.403. The Bertz CT molecular complexity index is 891. The predicted molar refractivity (Wildman–Crippen MR) is 96.4 cm³/mol. The van der Waals surface area contributed by atoms with Gasteiger partial charge in [-0.2, -0.15) is 5.26 Å². The molecule has 0 saturated carbocycles. The van der Waals surface area contributed by atoms with Crippen LogP contribution >= 0.6 is 11.3 Å². The molecule has 0 aliphatic carbocycles. The second kappa shape index (κ2) is 6.77. The van der Waals surface area contributed by atoms with Gasteiger partial charge >= 0.3 is 0 Å². The molecule has 120 valence electrons. The largest absolute Gasteiger partial charge is 0.324 e. The minimum absolute atomic E-state index is 0.403. The van der Waals surface area contributed by atoms with Crippen molar-refractivity contribution in [2.75, 3.05) is 5.32 Å². The average Bonchev–Trinajstić information content (AvgIpc) is 2.98. The van der Waals surface area contributed by atoms with Crippen molar-refractivity contribution in [1.82, 2.24) is 15.0 Å². The van der Waals surface area contributed by atoms with Crippen LogP contribution in [0.2, 0.25) is 0 Å². The summed E-state index contributed by atoms with van der Waals surface area (Å²) in [5.41, 5.74) is 3.32. The third-order valence-corrected chi connectivity index (χ3v) is 4.95. The zero-order valence-electron chi connectivity index (χ0n) is 13.7. The van der Waals surface area contributed by atoms with Crippen molar-refractivity contribution in [3.05, 3.63) is 52.8 Å². The van der Waals surface area contributed by atoms with E-state index in [2.05, 4.69) is 40.2 Å². The van der Waals surface area contributed by atoms with Gasteiger partial charge in [-0.15, -0.1) is 11.3 Å². The van der Waals surface area contributed by atoms with Gasteiger partial charge in [0.2, 0.25) is 5.95 Å². The summed E-state index contributed by atoms with van der Waals surface area (Å²) in [6.07, 6.45) is 1.74. The maximum Gasteiger partial charge on any atom is 0.227 e. The third kappa shape index (κ3) is 3.42. The lowest BCUT2D eigenvalue weighted by Crippen LogP contribution is -1.97. The van der Waals surface area contributed by atoms with E-state index in [1.807, 2.05) is 25.1 Å². The third-order valence-electron chi connectivity index (χ3n) is 3.47. The molecule has 3 aromatic rings. The Kier molecular flexibility index (Phi) is 4.54. The molecule has 0 unspecified atom stereocenters. The van der Waals surface area contributed by atoms with Gasteiger partial charge in [0, 0.05) is 17.8 Å². The quantitative estimate of drug-likeness (QED) is 0.751. The van der Waals surface area contributed by atoms with Gasteiger partial charge in [-0.1, -0.05) is 13.8 Å². The Morgan fingerprint density at radius 2 is 1.88 bits per heavy atom. The number of hydrogen-bond acceptors (Lipinski definition) is 6. The van der Waals surface area contributed by atoms with Crippen LogP contribution in [-0.2, 0) is 0 Å². The van der Waals surface area contributed by atoms with Gasteiger partial charge in [0.05, 0.1) is 32.9 Å². The van der Waals surface area contributed by atoms with Crippen LogP contribution in [0, 0.1) is 18.3 Å². The Labute approximate surface area is 145 Å². The van der Waals surface area contributed by atoms with Gasteiger partial charge < -0.3 is 5.32 Å². The van der Waals surface area contributed by atoms with Crippen molar-refractivity contribution >= 4 is 23.0 Å². The summed E-state index contributed by atoms with van der Waals surface area (Å²) in [5, 5.41) is 13.1. The first kappa shape index (κ1) is 16.1.